The lowest BCUT2D eigenvalue weighted by atomic mass is 9.99. The van der Waals surface area contributed by atoms with E-state index in [-0.39, 0.29) is 24.0 Å². The number of carbonyl (C=O) groups is 1. The molecule has 4 aliphatic rings. The fourth-order valence-electron chi connectivity index (χ4n) is 6.49. The van der Waals surface area contributed by atoms with E-state index in [0.717, 1.165) is 50.8 Å². The highest BCUT2D eigenvalue weighted by molar-refractivity contribution is 7.86. The number of fused-ring (bicyclic) bond motifs is 2. The Balaban J connectivity index is 1.03. The van der Waals surface area contributed by atoms with Gasteiger partial charge in [0.05, 0.1) is 0 Å². The zero-order valence-corrected chi connectivity index (χ0v) is 22.3. The summed E-state index contributed by atoms with van der Waals surface area (Å²) in [6.07, 6.45) is 6.85. The Bertz CT molecular complexity index is 1190. The van der Waals surface area contributed by atoms with Gasteiger partial charge in [-0.15, -0.1) is 0 Å². The second-order valence-electron chi connectivity index (χ2n) is 11.3. The smallest absolute Gasteiger partial charge is 0.282 e. The van der Waals surface area contributed by atoms with Crippen molar-refractivity contribution in [2.45, 2.75) is 88.0 Å². The Labute approximate surface area is 219 Å². The molecule has 200 valence electrons. The summed E-state index contributed by atoms with van der Waals surface area (Å²) < 4.78 is 36.2. The lowest BCUT2D eigenvalue weighted by Gasteiger charge is -2.43. The molecule has 10 heteroatoms. The highest BCUT2D eigenvalue weighted by atomic mass is 32.2. The summed E-state index contributed by atoms with van der Waals surface area (Å²) in [5.74, 6) is 0.979. The molecule has 0 radical (unpaired) electrons. The van der Waals surface area contributed by atoms with Crippen LogP contribution in [0.25, 0.3) is 0 Å². The van der Waals surface area contributed by atoms with Gasteiger partial charge in [0.25, 0.3) is 16.1 Å². The van der Waals surface area contributed by atoms with Gasteiger partial charge in [-0.3, -0.25) is 9.69 Å². The van der Waals surface area contributed by atoms with Crippen molar-refractivity contribution in [3.63, 3.8) is 0 Å². The third-order valence-corrected chi connectivity index (χ3v) is 10.8. The van der Waals surface area contributed by atoms with Gasteiger partial charge in [-0.25, -0.2) is 0 Å². The largest absolute Gasteiger partial charge is 0.360 e. The van der Waals surface area contributed by atoms with Crippen LogP contribution in [0.2, 0.25) is 0 Å². The summed E-state index contributed by atoms with van der Waals surface area (Å²) in [6, 6.07) is 12.4. The molecule has 4 fully saturated rings. The Morgan fingerprint density at radius 1 is 1.05 bits per heavy atom. The summed E-state index contributed by atoms with van der Waals surface area (Å²) in [4.78, 5) is 15.1. The molecule has 1 aromatic carbocycles. The molecule has 3 saturated heterocycles. The number of amides is 1. The van der Waals surface area contributed by atoms with E-state index in [1.807, 2.05) is 6.07 Å². The standard InChI is InChI=1S/C27H37N5O4S/c1-30(18-19-5-3-2-4-6-19)22-11-13-31(14-12-22)37(34,35)32-23-9-10-24(32)16-21(15-23)28-27(33)25-17-26(36-29-25)20-7-8-20/h2-6,17,20-24H,7-16,18H2,1H3,(H,28,33)/t21-,23+,24-. The predicted octanol–water partition coefficient (Wildman–Crippen LogP) is 3.12. The highest BCUT2D eigenvalue weighted by Crippen LogP contribution is 2.41. The van der Waals surface area contributed by atoms with Crippen LogP contribution in [0.3, 0.4) is 0 Å². The first kappa shape index (κ1) is 25.0. The van der Waals surface area contributed by atoms with Crippen LogP contribution >= 0.6 is 0 Å². The second-order valence-corrected chi connectivity index (χ2v) is 13.1. The van der Waals surface area contributed by atoms with Crippen LogP contribution in [-0.2, 0) is 16.8 Å². The van der Waals surface area contributed by atoms with Crippen LogP contribution in [0, 0.1) is 0 Å². The normalized spacial score (nSPS) is 27.6. The highest BCUT2D eigenvalue weighted by Gasteiger charge is 2.49. The van der Waals surface area contributed by atoms with Crippen LogP contribution in [0.1, 0.15) is 79.1 Å². The number of nitrogens with one attached hydrogen (secondary N) is 1. The molecule has 2 aromatic rings. The molecule has 37 heavy (non-hydrogen) atoms. The second kappa shape index (κ2) is 10.1. The molecule has 0 spiro atoms. The van der Waals surface area contributed by atoms with E-state index in [9.17, 15) is 13.2 Å². The Kier molecular flexibility index (Phi) is 6.85. The summed E-state index contributed by atoms with van der Waals surface area (Å²) >= 11 is 0. The van der Waals surface area contributed by atoms with Crippen molar-refractivity contribution in [2.24, 2.45) is 0 Å². The summed E-state index contributed by atoms with van der Waals surface area (Å²) in [5.41, 5.74) is 1.60. The van der Waals surface area contributed by atoms with Crippen LogP contribution in [0.5, 0.6) is 0 Å². The van der Waals surface area contributed by atoms with Crippen molar-refractivity contribution >= 4 is 16.1 Å². The molecule has 9 nitrogen and oxygen atoms in total. The molecule has 4 heterocycles. The number of rotatable bonds is 8. The number of piperidine rings is 2. The average Bonchev–Trinajstić information content (AvgIpc) is 3.55. The molecular formula is C27H37N5O4S. The third kappa shape index (κ3) is 5.21. The molecule has 1 N–H and O–H groups in total. The predicted molar refractivity (Wildman–Crippen MR) is 139 cm³/mol. The maximum Gasteiger partial charge on any atom is 0.282 e. The Hall–Kier alpha value is -2.27. The zero-order chi connectivity index (χ0) is 25.6. The van der Waals surface area contributed by atoms with Gasteiger partial charge >= 0.3 is 0 Å². The van der Waals surface area contributed by atoms with Gasteiger partial charge in [0, 0.05) is 55.8 Å². The molecule has 1 saturated carbocycles. The van der Waals surface area contributed by atoms with Crippen molar-refractivity contribution in [2.75, 3.05) is 20.1 Å². The summed E-state index contributed by atoms with van der Waals surface area (Å²) in [7, 11) is -1.39. The van der Waals surface area contributed by atoms with Crippen molar-refractivity contribution in [1.82, 2.24) is 24.0 Å². The lowest BCUT2D eigenvalue weighted by Crippen LogP contribution is -2.57. The van der Waals surface area contributed by atoms with Crippen molar-refractivity contribution < 1.29 is 17.7 Å². The topological polar surface area (TPSA) is 99.0 Å². The minimum atomic E-state index is -3.52. The zero-order valence-electron chi connectivity index (χ0n) is 21.5. The molecule has 3 atom stereocenters. The number of benzene rings is 1. The van der Waals surface area contributed by atoms with E-state index in [0.29, 0.717) is 43.6 Å². The third-order valence-electron chi connectivity index (χ3n) is 8.66. The van der Waals surface area contributed by atoms with E-state index in [2.05, 4.69) is 46.7 Å². The van der Waals surface area contributed by atoms with Gasteiger partial charge in [0.15, 0.2) is 5.69 Å². The molecule has 1 aromatic heterocycles. The van der Waals surface area contributed by atoms with Gasteiger partial charge < -0.3 is 9.84 Å². The number of aromatic nitrogens is 1. The molecule has 1 aliphatic carbocycles. The molecule has 1 amide bonds. The number of nitrogens with zero attached hydrogens (tertiary/aromatic N) is 4. The SMILES string of the molecule is CN(Cc1ccccc1)C1CCN(S(=O)(=O)N2[C@@H]3CC[C@H]2C[C@@H](NC(=O)c2cc(C4CC4)on2)C3)CC1. The monoisotopic (exact) mass is 527 g/mol. The minimum absolute atomic E-state index is 0.0464. The van der Waals surface area contributed by atoms with Crippen LogP contribution < -0.4 is 5.32 Å². The average molecular weight is 528 g/mol. The summed E-state index contributed by atoms with van der Waals surface area (Å²) in [6.45, 7) is 1.98. The molecule has 2 bridgehead atoms. The fraction of sp³-hybridized carbons (Fsp3) is 0.630. The Morgan fingerprint density at radius 2 is 1.73 bits per heavy atom. The van der Waals surface area contributed by atoms with Gasteiger partial charge in [-0.1, -0.05) is 35.5 Å². The van der Waals surface area contributed by atoms with Crippen LogP contribution in [0.15, 0.2) is 40.9 Å². The molecular weight excluding hydrogens is 490 g/mol. The quantitative estimate of drug-likeness (QED) is 0.566. The number of carbonyl (C=O) groups excluding carboxylic acids is 1. The van der Waals surface area contributed by atoms with Gasteiger partial charge in [0.2, 0.25) is 0 Å². The minimum Gasteiger partial charge on any atom is -0.360 e. The van der Waals surface area contributed by atoms with E-state index in [4.69, 9.17) is 4.52 Å². The van der Waals surface area contributed by atoms with Gasteiger partial charge in [-0.05, 0) is 64.0 Å². The van der Waals surface area contributed by atoms with Crippen molar-refractivity contribution in [3.05, 3.63) is 53.4 Å². The van der Waals surface area contributed by atoms with E-state index in [1.54, 1.807) is 14.7 Å². The number of hydrogen-bond donors (Lipinski definition) is 1. The number of hydrogen-bond acceptors (Lipinski definition) is 6. The molecule has 6 rings (SSSR count). The van der Waals surface area contributed by atoms with Gasteiger partial charge in [0.1, 0.15) is 5.76 Å². The van der Waals surface area contributed by atoms with E-state index < -0.39 is 10.2 Å². The molecule has 3 aliphatic heterocycles. The van der Waals surface area contributed by atoms with Crippen molar-refractivity contribution in [3.8, 4) is 0 Å². The maximum atomic E-state index is 13.7. The van der Waals surface area contributed by atoms with E-state index >= 15 is 0 Å². The van der Waals surface area contributed by atoms with Crippen molar-refractivity contribution in [1.29, 1.82) is 0 Å². The fourth-order valence-corrected chi connectivity index (χ4v) is 8.57. The lowest BCUT2D eigenvalue weighted by molar-refractivity contribution is 0.0896. The van der Waals surface area contributed by atoms with Gasteiger partial charge in [-0.2, -0.15) is 17.0 Å². The molecule has 0 unspecified atom stereocenters. The van der Waals surface area contributed by atoms with Crippen LogP contribution in [-0.4, -0.2) is 77.3 Å². The van der Waals surface area contributed by atoms with E-state index in [1.165, 1.54) is 5.56 Å². The first-order valence-corrected chi connectivity index (χ1v) is 15.1. The first-order valence-electron chi connectivity index (χ1n) is 13.7. The first-order chi connectivity index (χ1) is 17.9. The summed E-state index contributed by atoms with van der Waals surface area (Å²) in [5, 5.41) is 7.05. The Morgan fingerprint density at radius 3 is 2.38 bits per heavy atom. The van der Waals surface area contributed by atoms with Crippen LogP contribution in [0.4, 0.5) is 0 Å². The maximum absolute atomic E-state index is 13.7.